The first-order valence-electron chi connectivity index (χ1n) is 4.08. The van der Waals surface area contributed by atoms with Crippen molar-refractivity contribution in [1.29, 1.82) is 0 Å². The summed E-state index contributed by atoms with van der Waals surface area (Å²) in [5.74, 6) is 0.680. The van der Waals surface area contributed by atoms with Crippen LogP contribution in [0, 0.1) is 0 Å². The van der Waals surface area contributed by atoms with E-state index >= 15 is 0 Å². The largest absolute Gasteiger partial charge is 0.229 e. The van der Waals surface area contributed by atoms with Gasteiger partial charge in [-0.05, 0) is 12.1 Å². The summed E-state index contributed by atoms with van der Waals surface area (Å²) in [5, 5.41) is 0.271. The number of sulfone groups is 1. The van der Waals surface area contributed by atoms with Crippen molar-refractivity contribution in [2.24, 2.45) is 0 Å². The van der Waals surface area contributed by atoms with Crippen LogP contribution in [0.25, 0.3) is 0 Å². The second kappa shape index (κ2) is 3.35. The molecule has 1 heterocycles. The van der Waals surface area contributed by atoms with Crippen molar-refractivity contribution in [3.63, 3.8) is 0 Å². The highest BCUT2D eigenvalue weighted by molar-refractivity contribution is 8.04. The smallest absolute Gasteiger partial charge is 0.152 e. The van der Waals surface area contributed by atoms with Crippen LogP contribution in [0.2, 0.25) is 0 Å². The lowest BCUT2D eigenvalue weighted by atomic mass is 10.4. The van der Waals surface area contributed by atoms with Crippen LogP contribution in [0.4, 0.5) is 0 Å². The maximum absolute atomic E-state index is 10.9. The van der Waals surface area contributed by atoms with Gasteiger partial charge in [-0.1, -0.05) is 18.2 Å². The predicted octanol–water partition coefficient (Wildman–Crippen LogP) is 1.58. The van der Waals surface area contributed by atoms with E-state index < -0.39 is 9.84 Å². The van der Waals surface area contributed by atoms with E-state index in [2.05, 4.69) is 0 Å². The molecule has 0 saturated carbocycles. The van der Waals surface area contributed by atoms with Gasteiger partial charge in [0.15, 0.2) is 9.84 Å². The summed E-state index contributed by atoms with van der Waals surface area (Å²) >= 11 is 1.65. The van der Waals surface area contributed by atoms with Gasteiger partial charge in [0.25, 0.3) is 0 Å². The molecule has 0 N–H and O–H groups in total. The van der Waals surface area contributed by atoms with E-state index in [9.17, 15) is 8.42 Å². The first-order chi connectivity index (χ1) is 6.16. The minimum atomic E-state index is -2.67. The van der Waals surface area contributed by atoms with Gasteiger partial charge in [0, 0.05) is 10.1 Å². The second-order valence-electron chi connectivity index (χ2n) is 3.13. The summed E-state index contributed by atoms with van der Waals surface area (Å²) in [6.07, 6.45) is 0. The van der Waals surface area contributed by atoms with Crippen molar-refractivity contribution in [2.75, 3.05) is 11.5 Å². The van der Waals surface area contributed by atoms with Gasteiger partial charge in [-0.25, -0.2) is 8.42 Å². The molecule has 0 spiro atoms. The van der Waals surface area contributed by atoms with Crippen LogP contribution in [0.5, 0.6) is 0 Å². The van der Waals surface area contributed by atoms with Crippen LogP contribution in [0.1, 0.15) is 0 Å². The molecule has 4 heteroatoms. The molecule has 1 aromatic rings. The highest BCUT2D eigenvalue weighted by Crippen LogP contribution is 2.30. The number of benzene rings is 1. The maximum atomic E-state index is 10.9. The van der Waals surface area contributed by atoms with E-state index in [1.165, 1.54) is 0 Å². The predicted molar refractivity (Wildman–Crippen MR) is 54.7 cm³/mol. The van der Waals surface area contributed by atoms with Crippen molar-refractivity contribution < 1.29 is 8.42 Å². The van der Waals surface area contributed by atoms with Crippen molar-refractivity contribution >= 4 is 21.6 Å². The van der Waals surface area contributed by atoms with Gasteiger partial charge >= 0.3 is 0 Å². The van der Waals surface area contributed by atoms with Crippen LogP contribution in [0.15, 0.2) is 35.2 Å². The van der Waals surface area contributed by atoms with Gasteiger partial charge in [0.1, 0.15) is 0 Å². The molecule has 70 valence electrons. The lowest BCUT2D eigenvalue weighted by molar-refractivity contribution is 0.582. The van der Waals surface area contributed by atoms with Crippen LogP contribution in [-0.2, 0) is 9.84 Å². The number of hydrogen-bond donors (Lipinski definition) is 0. The fraction of sp³-hybridized carbons (Fsp3) is 0.333. The van der Waals surface area contributed by atoms with Crippen molar-refractivity contribution in [3.8, 4) is 0 Å². The molecular formula is C9H10O2S2. The van der Waals surface area contributed by atoms with Crippen molar-refractivity contribution in [1.82, 2.24) is 0 Å². The van der Waals surface area contributed by atoms with E-state index in [-0.39, 0.29) is 5.25 Å². The van der Waals surface area contributed by atoms with Crippen molar-refractivity contribution in [3.05, 3.63) is 30.3 Å². The maximum Gasteiger partial charge on any atom is 0.152 e. The molecule has 0 amide bonds. The minimum Gasteiger partial charge on any atom is -0.229 e. The van der Waals surface area contributed by atoms with Crippen molar-refractivity contribution in [2.45, 2.75) is 10.1 Å². The third-order valence-electron chi connectivity index (χ3n) is 1.93. The third-order valence-corrected chi connectivity index (χ3v) is 5.38. The molecule has 1 aliphatic rings. The molecule has 1 fully saturated rings. The van der Waals surface area contributed by atoms with Gasteiger partial charge in [-0.2, -0.15) is 0 Å². The van der Waals surface area contributed by atoms with E-state index in [1.54, 1.807) is 11.8 Å². The highest BCUT2D eigenvalue weighted by atomic mass is 32.2. The molecule has 0 bridgehead atoms. The Hall–Kier alpha value is -0.480. The summed E-state index contributed by atoms with van der Waals surface area (Å²) in [4.78, 5) is 1.16. The zero-order chi connectivity index (χ0) is 9.31. The van der Waals surface area contributed by atoms with Crippen LogP contribution >= 0.6 is 11.8 Å². The first-order valence-corrected chi connectivity index (χ1v) is 6.78. The Morgan fingerprint density at radius 1 is 1.15 bits per heavy atom. The molecular weight excluding hydrogens is 204 g/mol. The molecule has 1 saturated heterocycles. The molecule has 0 aliphatic carbocycles. The molecule has 0 unspecified atom stereocenters. The lowest BCUT2D eigenvalue weighted by Gasteiger charge is -2.24. The van der Waals surface area contributed by atoms with Gasteiger partial charge in [0.05, 0.1) is 11.5 Å². The number of rotatable bonds is 2. The first kappa shape index (κ1) is 9.09. The van der Waals surface area contributed by atoms with E-state index in [0.29, 0.717) is 11.5 Å². The average molecular weight is 214 g/mol. The average Bonchev–Trinajstić information content (AvgIpc) is 2.03. The van der Waals surface area contributed by atoms with Crippen LogP contribution in [-0.4, -0.2) is 25.2 Å². The molecule has 0 atom stereocenters. The van der Waals surface area contributed by atoms with Gasteiger partial charge in [0.2, 0.25) is 0 Å². The monoisotopic (exact) mass is 214 g/mol. The second-order valence-corrected chi connectivity index (χ2v) is 6.66. The Labute approximate surface area is 82.3 Å². The molecule has 0 radical (unpaired) electrons. The summed E-state index contributed by atoms with van der Waals surface area (Å²) in [5.41, 5.74) is 0. The van der Waals surface area contributed by atoms with E-state index in [1.807, 2.05) is 30.3 Å². The van der Waals surface area contributed by atoms with E-state index in [0.717, 1.165) is 4.90 Å². The normalized spacial score (nSPS) is 20.9. The Morgan fingerprint density at radius 2 is 1.77 bits per heavy atom. The van der Waals surface area contributed by atoms with Gasteiger partial charge in [-0.3, -0.25) is 0 Å². The lowest BCUT2D eigenvalue weighted by Crippen LogP contribution is -2.38. The zero-order valence-corrected chi connectivity index (χ0v) is 8.64. The molecule has 2 nitrogen and oxygen atoms in total. The Kier molecular flexibility index (Phi) is 2.34. The SMILES string of the molecule is O=S1(=O)CC(Sc2ccccc2)C1. The summed E-state index contributed by atoms with van der Waals surface area (Å²) in [6, 6.07) is 9.91. The highest BCUT2D eigenvalue weighted by Gasteiger charge is 2.33. The van der Waals surface area contributed by atoms with Gasteiger partial charge < -0.3 is 0 Å². The Balaban J connectivity index is 1.95. The summed E-state index contributed by atoms with van der Waals surface area (Å²) in [6.45, 7) is 0. The molecule has 1 aromatic carbocycles. The number of hydrogen-bond acceptors (Lipinski definition) is 3. The third kappa shape index (κ3) is 2.25. The number of thioether (sulfide) groups is 1. The zero-order valence-electron chi connectivity index (χ0n) is 7.01. The fourth-order valence-electron chi connectivity index (χ4n) is 1.28. The van der Waals surface area contributed by atoms with Gasteiger partial charge in [-0.15, -0.1) is 11.8 Å². The summed E-state index contributed by atoms with van der Waals surface area (Å²) < 4.78 is 21.7. The quantitative estimate of drug-likeness (QED) is 0.749. The Morgan fingerprint density at radius 3 is 2.31 bits per heavy atom. The minimum absolute atomic E-state index is 0.271. The topological polar surface area (TPSA) is 34.1 Å². The summed E-state index contributed by atoms with van der Waals surface area (Å²) in [7, 11) is -2.67. The molecule has 13 heavy (non-hydrogen) atoms. The molecule has 1 aliphatic heterocycles. The van der Waals surface area contributed by atoms with E-state index in [4.69, 9.17) is 0 Å². The van der Waals surface area contributed by atoms with Crippen LogP contribution < -0.4 is 0 Å². The Bertz CT molecular complexity index is 371. The molecule has 2 rings (SSSR count). The standard InChI is InChI=1S/C9H10O2S2/c10-13(11)6-9(7-13)12-8-4-2-1-3-5-8/h1-5,9H,6-7H2. The molecule has 0 aromatic heterocycles. The fourth-order valence-corrected chi connectivity index (χ4v) is 4.80. The van der Waals surface area contributed by atoms with Crippen LogP contribution in [0.3, 0.4) is 0 Å².